The Morgan fingerprint density at radius 2 is 1.97 bits per heavy atom. The maximum Gasteiger partial charge on any atom is 0.260 e. The molecule has 0 spiro atoms. The highest BCUT2D eigenvalue weighted by Gasteiger charge is 2.22. The van der Waals surface area contributed by atoms with E-state index in [1.165, 1.54) is 6.39 Å². The summed E-state index contributed by atoms with van der Waals surface area (Å²) < 4.78 is 5.43. The minimum absolute atomic E-state index is 0.181. The molecule has 30 heavy (non-hydrogen) atoms. The van der Waals surface area contributed by atoms with E-state index in [0.717, 1.165) is 16.5 Å². The Hall–Kier alpha value is -4.26. The number of carbonyl (C=O) groups is 1. The molecule has 7 heteroatoms. The molecule has 7 nitrogen and oxygen atoms in total. The molecule has 2 N–H and O–H groups in total. The first kappa shape index (κ1) is 17.8. The average molecular weight is 395 g/mol. The van der Waals surface area contributed by atoms with Crippen molar-refractivity contribution in [3.8, 4) is 0 Å². The predicted octanol–water partition coefficient (Wildman–Crippen LogP) is 4.20. The normalized spacial score (nSPS) is 11.1. The van der Waals surface area contributed by atoms with Gasteiger partial charge in [0.25, 0.3) is 5.91 Å². The maximum absolute atomic E-state index is 13.4. The summed E-state index contributed by atoms with van der Waals surface area (Å²) in [5, 5.41) is 0.983. The molecule has 0 saturated carbocycles. The van der Waals surface area contributed by atoms with Crippen LogP contribution in [-0.4, -0.2) is 20.9 Å². The SMILES string of the molecule is Nc1ccc2ccc(CN(C(=O)c3cccnc3)c3cccc4ocnc34)cc2n1. The van der Waals surface area contributed by atoms with Crippen molar-refractivity contribution in [2.75, 3.05) is 10.6 Å². The lowest BCUT2D eigenvalue weighted by molar-refractivity contribution is 0.0985. The fourth-order valence-electron chi connectivity index (χ4n) is 3.46. The van der Waals surface area contributed by atoms with Crippen molar-refractivity contribution >= 4 is 39.4 Å². The van der Waals surface area contributed by atoms with Crippen molar-refractivity contribution in [3.63, 3.8) is 0 Å². The minimum Gasteiger partial charge on any atom is -0.443 e. The first-order chi connectivity index (χ1) is 14.7. The lowest BCUT2D eigenvalue weighted by Crippen LogP contribution is -2.30. The van der Waals surface area contributed by atoms with Gasteiger partial charge in [0, 0.05) is 17.8 Å². The van der Waals surface area contributed by atoms with Crippen LogP contribution in [0, 0.1) is 0 Å². The van der Waals surface area contributed by atoms with Crippen LogP contribution >= 0.6 is 0 Å². The van der Waals surface area contributed by atoms with Crippen molar-refractivity contribution in [1.82, 2.24) is 15.0 Å². The molecular formula is C23H17N5O2. The second-order valence-corrected chi connectivity index (χ2v) is 6.87. The number of nitrogens with two attached hydrogens (primary N) is 1. The number of para-hydroxylation sites is 1. The van der Waals surface area contributed by atoms with Gasteiger partial charge in [0.05, 0.1) is 23.3 Å². The number of fused-ring (bicyclic) bond motifs is 2. The Morgan fingerprint density at radius 3 is 2.83 bits per heavy atom. The summed E-state index contributed by atoms with van der Waals surface area (Å²) >= 11 is 0. The Morgan fingerprint density at radius 1 is 1.07 bits per heavy atom. The molecule has 5 rings (SSSR count). The van der Waals surface area contributed by atoms with Gasteiger partial charge in [-0.2, -0.15) is 0 Å². The lowest BCUT2D eigenvalue weighted by atomic mass is 10.1. The number of rotatable bonds is 4. The first-order valence-electron chi connectivity index (χ1n) is 9.38. The number of nitrogen functional groups attached to an aromatic ring is 1. The zero-order chi connectivity index (χ0) is 20.5. The third kappa shape index (κ3) is 3.22. The Kier molecular flexibility index (Phi) is 4.33. The van der Waals surface area contributed by atoms with Crippen LogP contribution in [-0.2, 0) is 6.54 Å². The molecule has 0 saturated heterocycles. The molecule has 2 aromatic carbocycles. The van der Waals surface area contributed by atoms with Crippen LogP contribution in [0.3, 0.4) is 0 Å². The summed E-state index contributed by atoms with van der Waals surface area (Å²) in [6, 6.07) is 18.6. The zero-order valence-corrected chi connectivity index (χ0v) is 15.9. The van der Waals surface area contributed by atoms with E-state index in [2.05, 4.69) is 15.0 Å². The van der Waals surface area contributed by atoms with Gasteiger partial charge in [-0.3, -0.25) is 9.78 Å². The number of oxazole rings is 1. The van der Waals surface area contributed by atoms with Gasteiger partial charge in [-0.15, -0.1) is 0 Å². The van der Waals surface area contributed by atoms with Crippen molar-refractivity contribution in [2.45, 2.75) is 6.54 Å². The summed E-state index contributed by atoms with van der Waals surface area (Å²) in [6.45, 7) is 0.326. The topological polar surface area (TPSA) is 98.1 Å². The molecule has 0 radical (unpaired) electrons. The number of amides is 1. The highest BCUT2D eigenvalue weighted by Crippen LogP contribution is 2.29. The van der Waals surface area contributed by atoms with Gasteiger partial charge in [-0.05, 0) is 48.0 Å². The summed E-state index contributed by atoms with van der Waals surface area (Å²) in [4.78, 5) is 27.9. The first-order valence-corrected chi connectivity index (χ1v) is 9.38. The molecule has 3 heterocycles. The van der Waals surface area contributed by atoms with Gasteiger partial charge in [0.15, 0.2) is 12.0 Å². The Bertz CT molecular complexity index is 1360. The van der Waals surface area contributed by atoms with Crippen LogP contribution in [0.25, 0.3) is 22.0 Å². The standard InChI is InChI=1S/C23H17N5O2/c24-21-9-8-16-7-6-15(11-18(16)27-21)13-28(23(29)17-3-2-10-25-12-17)19-4-1-5-20-22(19)26-14-30-20/h1-12,14H,13H2,(H2,24,27). The quantitative estimate of drug-likeness (QED) is 0.490. The highest BCUT2D eigenvalue weighted by atomic mass is 16.3. The molecule has 3 aromatic heterocycles. The van der Waals surface area contributed by atoms with Crippen LogP contribution in [0.15, 0.2) is 83.9 Å². The number of pyridine rings is 2. The van der Waals surface area contributed by atoms with E-state index in [1.807, 2.05) is 42.5 Å². The highest BCUT2D eigenvalue weighted by molar-refractivity contribution is 6.09. The molecule has 0 aliphatic carbocycles. The summed E-state index contributed by atoms with van der Waals surface area (Å²) in [5.74, 6) is 0.273. The number of nitrogens with zero attached hydrogens (tertiary/aromatic N) is 4. The number of aromatic nitrogens is 3. The third-order valence-electron chi connectivity index (χ3n) is 4.90. The maximum atomic E-state index is 13.4. The summed E-state index contributed by atoms with van der Waals surface area (Å²) in [5.41, 5.74) is 9.92. The van der Waals surface area contributed by atoms with Gasteiger partial charge in [0.2, 0.25) is 0 Å². The van der Waals surface area contributed by atoms with Crippen LogP contribution in [0.4, 0.5) is 11.5 Å². The van der Waals surface area contributed by atoms with Gasteiger partial charge in [-0.1, -0.05) is 18.2 Å². The van der Waals surface area contributed by atoms with E-state index in [9.17, 15) is 4.79 Å². The van der Waals surface area contributed by atoms with Gasteiger partial charge >= 0.3 is 0 Å². The number of hydrogen-bond donors (Lipinski definition) is 1. The van der Waals surface area contributed by atoms with Crippen LogP contribution in [0.1, 0.15) is 15.9 Å². The molecular weight excluding hydrogens is 378 g/mol. The third-order valence-corrected chi connectivity index (χ3v) is 4.90. The molecule has 0 aliphatic heterocycles. The molecule has 1 amide bonds. The van der Waals surface area contributed by atoms with Crippen molar-refractivity contribution in [2.24, 2.45) is 0 Å². The minimum atomic E-state index is -0.181. The molecule has 0 unspecified atom stereocenters. The second kappa shape index (κ2) is 7.29. The van der Waals surface area contributed by atoms with E-state index in [-0.39, 0.29) is 5.91 Å². The number of anilines is 2. The second-order valence-electron chi connectivity index (χ2n) is 6.87. The van der Waals surface area contributed by atoms with Crippen molar-refractivity contribution in [1.29, 1.82) is 0 Å². The number of carbonyl (C=O) groups excluding carboxylic acids is 1. The monoisotopic (exact) mass is 395 g/mol. The molecule has 0 aliphatic rings. The molecule has 146 valence electrons. The van der Waals surface area contributed by atoms with Crippen molar-refractivity contribution in [3.05, 3.63) is 90.6 Å². The lowest BCUT2D eigenvalue weighted by Gasteiger charge is -2.23. The van der Waals surface area contributed by atoms with E-state index >= 15 is 0 Å². The van der Waals surface area contributed by atoms with Crippen LogP contribution < -0.4 is 10.6 Å². The van der Waals surface area contributed by atoms with Gasteiger partial charge in [-0.25, -0.2) is 9.97 Å². The van der Waals surface area contributed by atoms with Gasteiger partial charge < -0.3 is 15.1 Å². The van der Waals surface area contributed by atoms with Crippen LogP contribution in [0.5, 0.6) is 0 Å². The average Bonchev–Trinajstić information content (AvgIpc) is 3.26. The summed E-state index contributed by atoms with van der Waals surface area (Å²) in [6.07, 6.45) is 4.57. The van der Waals surface area contributed by atoms with E-state index in [4.69, 9.17) is 10.2 Å². The zero-order valence-electron chi connectivity index (χ0n) is 15.9. The van der Waals surface area contributed by atoms with Crippen molar-refractivity contribution < 1.29 is 9.21 Å². The van der Waals surface area contributed by atoms with Crippen LogP contribution in [0.2, 0.25) is 0 Å². The predicted molar refractivity (Wildman–Crippen MR) is 115 cm³/mol. The Labute approximate surface area is 171 Å². The molecule has 5 aromatic rings. The van der Waals surface area contributed by atoms with E-state index in [0.29, 0.717) is 34.7 Å². The smallest absolute Gasteiger partial charge is 0.260 e. The van der Waals surface area contributed by atoms with Gasteiger partial charge in [0.1, 0.15) is 11.3 Å². The van der Waals surface area contributed by atoms with E-state index in [1.54, 1.807) is 35.5 Å². The van der Waals surface area contributed by atoms with E-state index < -0.39 is 0 Å². The Balaban J connectivity index is 1.61. The molecule has 0 bridgehead atoms. The fourth-order valence-corrected chi connectivity index (χ4v) is 3.46. The molecule has 0 atom stereocenters. The molecule has 0 fully saturated rings. The largest absolute Gasteiger partial charge is 0.443 e. The number of benzene rings is 2. The number of hydrogen-bond acceptors (Lipinski definition) is 6. The summed E-state index contributed by atoms with van der Waals surface area (Å²) in [7, 11) is 0. The fraction of sp³-hybridized carbons (Fsp3) is 0.0435.